The molecule has 0 aliphatic carbocycles. The van der Waals surface area contributed by atoms with Gasteiger partial charge < -0.3 is 15.4 Å². The fourth-order valence-electron chi connectivity index (χ4n) is 2.15. The van der Waals surface area contributed by atoms with Gasteiger partial charge in [-0.3, -0.25) is 4.79 Å². The van der Waals surface area contributed by atoms with E-state index < -0.39 is 18.9 Å². The average molecular weight is 366 g/mol. The molecule has 5 nitrogen and oxygen atoms in total. The Morgan fingerprint density at radius 2 is 1.62 bits per heavy atom. The van der Waals surface area contributed by atoms with Gasteiger partial charge in [-0.2, -0.15) is 13.2 Å². The number of amides is 2. The van der Waals surface area contributed by atoms with Crippen molar-refractivity contribution in [2.24, 2.45) is 0 Å². The van der Waals surface area contributed by atoms with E-state index in [1.807, 2.05) is 42.5 Å². The molecular formula is C18H17F3N2O3. The van der Waals surface area contributed by atoms with Gasteiger partial charge in [0.2, 0.25) is 5.91 Å². The highest BCUT2D eigenvalue weighted by molar-refractivity contribution is 5.95. The Hall–Kier alpha value is -3.03. The lowest BCUT2D eigenvalue weighted by atomic mass is 10.0. The molecule has 0 heterocycles. The number of carbonyl (C=O) groups excluding carboxylic acids is 2. The molecule has 0 aliphatic heterocycles. The lowest BCUT2D eigenvalue weighted by Gasteiger charge is -2.12. The van der Waals surface area contributed by atoms with E-state index in [-0.39, 0.29) is 18.9 Å². The first-order valence-electron chi connectivity index (χ1n) is 7.77. The minimum absolute atomic E-state index is 0.107. The summed E-state index contributed by atoms with van der Waals surface area (Å²) < 4.78 is 39.7. The van der Waals surface area contributed by atoms with Crippen LogP contribution in [-0.4, -0.2) is 31.3 Å². The fraction of sp³-hybridized carbons (Fsp3) is 0.222. The van der Waals surface area contributed by atoms with Crippen molar-refractivity contribution < 1.29 is 27.5 Å². The van der Waals surface area contributed by atoms with Crippen LogP contribution in [0.1, 0.15) is 6.42 Å². The van der Waals surface area contributed by atoms with Crippen molar-refractivity contribution >= 4 is 17.7 Å². The Kier molecular flexibility index (Phi) is 6.60. The summed E-state index contributed by atoms with van der Waals surface area (Å²) in [6, 6.07) is 16.7. The van der Waals surface area contributed by atoms with E-state index in [2.05, 4.69) is 15.4 Å². The SMILES string of the molecule is O=C(CCNC(=O)OCC(F)(F)F)Nc1ccccc1-c1ccccc1. The highest BCUT2D eigenvalue weighted by Gasteiger charge is 2.29. The number of anilines is 1. The number of nitrogens with one attached hydrogen (secondary N) is 2. The van der Waals surface area contributed by atoms with Crippen molar-refractivity contribution in [3.8, 4) is 11.1 Å². The molecule has 0 saturated carbocycles. The number of hydrogen-bond donors (Lipinski definition) is 2. The molecule has 0 aliphatic rings. The van der Waals surface area contributed by atoms with Crippen molar-refractivity contribution in [3.63, 3.8) is 0 Å². The van der Waals surface area contributed by atoms with Gasteiger partial charge in [0.1, 0.15) is 0 Å². The van der Waals surface area contributed by atoms with E-state index in [4.69, 9.17) is 0 Å². The molecule has 2 rings (SSSR count). The summed E-state index contributed by atoms with van der Waals surface area (Å²) >= 11 is 0. The maximum atomic E-state index is 12.0. The second kappa shape index (κ2) is 8.89. The topological polar surface area (TPSA) is 67.4 Å². The Balaban J connectivity index is 1.85. The highest BCUT2D eigenvalue weighted by atomic mass is 19.4. The van der Waals surface area contributed by atoms with Crippen LogP contribution in [-0.2, 0) is 9.53 Å². The molecule has 0 aromatic heterocycles. The molecule has 2 N–H and O–H groups in total. The van der Waals surface area contributed by atoms with Crippen molar-refractivity contribution in [2.75, 3.05) is 18.5 Å². The average Bonchev–Trinajstić information content (AvgIpc) is 2.60. The van der Waals surface area contributed by atoms with Gasteiger partial charge in [0.05, 0.1) is 0 Å². The summed E-state index contributed by atoms with van der Waals surface area (Å²) in [7, 11) is 0. The monoisotopic (exact) mass is 366 g/mol. The third-order valence-electron chi connectivity index (χ3n) is 3.27. The lowest BCUT2D eigenvalue weighted by molar-refractivity contribution is -0.160. The van der Waals surface area contributed by atoms with Crippen LogP contribution < -0.4 is 10.6 Å². The number of halogens is 3. The smallest absolute Gasteiger partial charge is 0.422 e. The first kappa shape index (κ1) is 19.3. The summed E-state index contributed by atoms with van der Waals surface area (Å²) in [5.74, 6) is -0.385. The lowest BCUT2D eigenvalue weighted by Crippen LogP contribution is -2.31. The minimum atomic E-state index is -4.59. The van der Waals surface area contributed by atoms with Gasteiger partial charge in [-0.05, 0) is 11.6 Å². The van der Waals surface area contributed by atoms with Crippen LogP contribution in [0.25, 0.3) is 11.1 Å². The zero-order valence-electron chi connectivity index (χ0n) is 13.7. The Bertz CT molecular complexity index is 749. The van der Waals surface area contributed by atoms with Crippen LogP contribution in [0, 0.1) is 0 Å². The largest absolute Gasteiger partial charge is 0.440 e. The third-order valence-corrected chi connectivity index (χ3v) is 3.27. The van der Waals surface area contributed by atoms with Crippen LogP contribution in [0.3, 0.4) is 0 Å². The molecule has 0 saturated heterocycles. The van der Waals surface area contributed by atoms with Crippen molar-refractivity contribution in [1.82, 2.24) is 5.32 Å². The summed E-state index contributed by atoms with van der Waals surface area (Å²) in [5, 5.41) is 4.82. The molecule has 2 amide bonds. The molecule has 8 heteroatoms. The summed E-state index contributed by atoms with van der Waals surface area (Å²) in [6.07, 6.45) is -5.92. The number of alkyl halides is 3. The number of benzene rings is 2. The zero-order valence-corrected chi connectivity index (χ0v) is 13.7. The molecule has 26 heavy (non-hydrogen) atoms. The Morgan fingerprint density at radius 1 is 0.962 bits per heavy atom. The van der Waals surface area contributed by atoms with Crippen LogP contribution in [0.4, 0.5) is 23.7 Å². The Morgan fingerprint density at radius 3 is 2.31 bits per heavy atom. The molecule has 0 bridgehead atoms. The van der Waals surface area contributed by atoms with Crippen molar-refractivity contribution in [3.05, 3.63) is 54.6 Å². The van der Waals surface area contributed by atoms with E-state index in [0.29, 0.717) is 5.69 Å². The predicted molar refractivity (Wildman–Crippen MR) is 90.5 cm³/mol. The quantitative estimate of drug-likeness (QED) is 0.813. The third kappa shape index (κ3) is 6.46. The first-order valence-corrected chi connectivity index (χ1v) is 7.77. The minimum Gasteiger partial charge on any atom is -0.440 e. The number of ether oxygens (including phenoxy) is 1. The maximum absolute atomic E-state index is 12.0. The molecular weight excluding hydrogens is 349 g/mol. The number of carbonyl (C=O) groups is 2. The van der Waals surface area contributed by atoms with Gasteiger partial charge in [0.15, 0.2) is 6.61 Å². The fourth-order valence-corrected chi connectivity index (χ4v) is 2.15. The van der Waals surface area contributed by atoms with Gasteiger partial charge in [0, 0.05) is 24.2 Å². The predicted octanol–water partition coefficient (Wildman–Crippen LogP) is 3.97. The zero-order chi connectivity index (χ0) is 19.0. The summed E-state index contributed by atoms with van der Waals surface area (Å²) in [5.41, 5.74) is 2.36. The summed E-state index contributed by atoms with van der Waals surface area (Å²) in [4.78, 5) is 23.1. The van der Waals surface area contributed by atoms with E-state index in [1.54, 1.807) is 12.1 Å². The molecule has 0 spiro atoms. The van der Waals surface area contributed by atoms with E-state index in [0.717, 1.165) is 11.1 Å². The van der Waals surface area contributed by atoms with Gasteiger partial charge >= 0.3 is 12.3 Å². The van der Waals surface area contributed by atoms with Gasteiger partial charge in [0.25, 0.3) is 0 Å². The Labute approximate surface area is 148 Å². The molecule has 138 valence electrons. The van der Waals surface area contributed by atoms with Crippen LogP contribution in [0.15, 0.2) is 54.6 Å². The maximum Gasteiger partial charge on any atom is 0.422 e. The van der Waals surface area contributed by atoms with E-state index in [9.17, 15) is 22.8 Å². The second-order valence-electron chi connectivity index (χ2n) is 5.33. The standard InChI is InChI=1S/C18H17F3N2O3/c19-18(20,21)12-26-17(25)22-11-10-16(24)23-15-9-5-4-8-14(15)13-6-2-1-3-7-13/h1-9H,10-12H2,(H,22,25)(H,23,24). The van der Waals surface area contributed by atoms with E-state index in [1.165, 1.54) is 0 Å². The molecule has 0 atom stereocenters. The normalized spacial score (nSPS) is 10.9. The first-order chi connectivity index (χ1) is 12.3. The van der Waals surface area contributed by atoms with Crippen LogP contribution in [0.2, 0.25) is 0 Å². The molecule has 0 radical (unpaired) electrons. The number of alkyl carbamates (subject to hydrolysis) is 1. The molecule has 0 fully saturated rings. The number of para-hydroxylation sites is 1. The molecule has 2 aromatic carbocycles. The van der Waals surface area contributed by atoms with E-state index >= 15 is 0 Å². The van der Waals surface area contributed by atoms with Crippen molar-refractivity contribution in [2.45, 2.75) is 12.6 Å². The van der Waals surface area contributed by atoms with Crippen LogP contribution >= 0.6 is 0 Å². The van der Waals surface area contributed by atoms with Gasteiger partial charge in [-0.15, -0.1) is 0 Å². The highest BCUT2D eigenvalue weighted by Crippen LogP contribution is 2.27. The van der Waals surface area contributed by atoms with Gasteiger partial charge in [-0.1, -0.05) is 48.5 Å². The van der Waals surface area contributed by atoms with Gasteiger partial charge in [-0.25, -0.2) is 4.79 Å². The van der Waals surface area contributed by atoms with Crippen molar-refractivity contribution in [1.29, 1.82) is 0 Å². The molecule has 0 unspecified atom stereocenters. The number of rotatable bonds is 6. The summed E-state index contributed by atoms with van der Waals surface area (Å²) in [6.45, 7) is -1.81. The van der Waals surface area contributed by atoms with Crippen LogP contribution in [0.5, 0.6) is 0 Å². The second-order valence-corrected chi connectivity index (χ2v) is 5.33. The molecule has 2 aromatic rings. The number of hydrogen-bond acceptors (Lipinski definition) is 3.